The van der Waals surface area contributed by atoms with E-state index in [-0.39, 0.29) is 29.9 Å². The molecule has 2 aliphatic rings. The van der Waals surface area contributed by atoms with E-state index in [1.807, 2.05) is 0 Å². The Hall–Kier alpha value is -1.39. The van der Waals surface area contributed by atoms with Crippen molar-refractivity contribution in [1.82, 2.24) is 15.5 Å². The molecule has 1 aromatic heterocycles. The molecule has 0 aliphatic carbocycles. The van der Waals surface area contributed by atoms with Gasteiger partial charge in [0.15, 0.2) is 20.3 Å². The number of amides is 2. The molecule has 0 radical (unpaired) electrons. The Labute approximate surface area is 160 Å². The predicted octanol–water partition coefficient (Wildman–Crippen LogP) is 0.540. The highest BCUT2D eigenvalue weighted by molar-refractivity contribution is 9.10. The molecule has 0 saturated carbocycles. The first-order chi connectivity index (χ1) is 12.3. The Morgan fingerprint density at radius 3 is 2.58 bits per heavy atom. The van der Waals surface area contributed by atoms with Gasteiger partial charge in [0.25, 0.3) is 5.91 Å². The molecule has 10 heteroatoms. The summed E-state index contributed by atoms with van der Waals surface area (Å²) in [6.07, 6.45) is 3.25. The molecule has 0 aromatic carbocycles. The zero-order chi connectivity index (χ0) is 18.7. The zero-order valence-corrected chi connectivity index (χ0v) is 16.6. The lowest BCUT2D eigenvalue weighted by Gasteiger charge is -2.35. The van der Waals surface area contributed by atoms with Crippen LogP contribution in [0.4, 0.5) is 0 Å². The molecular formula is C16H22BrN3O5S. The fourth-order valence-electron chi connectivity index (χ4n) is 3.52. The van der Waals surface area contributed by atoms with Crippen LogP contribution in [-0.2, 0) is 14.6 Å². The van der Waals surface area contributed by atoms with E-state index in [2.05, 4.69) is 31.5 Å². The minimum atomic E-state index is -3.18. The van der Waals surface area contributed by atoms with E-state index in [0.29, 0.717) is 4.67 Å². The van der Waals surface area contributed by atoms with E-state index in [0.717, 1.165) is 32.4 Å². The highest BCUT2D eigenvalue weighted by Crippen LogP contribution is 2.22. The molecule has 8 nitrogen and oxygen atoms in total. The first kappa shape index (κ1) is 19.4. The number of sulfone groups is 1. The number of nitrogens with one attached hydrogen (secondary N) is 2. The maximum absolute atomic E-state index is 12.2. The largest absolute Gasteiger partial charge is 0.444 e. The Balaban J connectivity index is 1.55. The van der Waals surface area contributed by atoms with Crippen molar-refractivity contribution in [2.75, 3.05) is 31.1 Å². The summed E-state index contributed by atoms with van der Waals surface area (Å²) in [7, 11) is -3.18. The number of furan rings is 1. The summed E-state index contributed by atoms with van der Waals surface area (Å²) >= 11 is 3.11. The van der Waals surface area contributed by atoms with Gasteiger partial charge in [0.1, 0.15) is 0 Å². The second-order valence-corrected chi connectivity index (χ2v) is 9.64. The molecule has 1 aromatic rings. The number of nitrogens with zero attached hydrogens (tertiary/aromatic N) is 1. The molecule has 2 fully saturated rings. The lowest BCUT2D eigenvalue weighted by molar-refractivity contribution is -0.121. The van der Waals surface area contributed by atoms with Crippen LogP contribution in [0.3, 0.4) is 0 Å². The smallest absolute Gasteiger partial charge is 0.287 e. The van der Waals surface area contributed by atoms with Crippen LogP contribution in [-0.4, -0.2) is 68.4 Å². The van der Waals surface area contributed by atoms with E-state index in [1.165, 1.54) is 6.07 Å². The molecule has 2 amide bonds. The van der Waals surface area contributed by atoms with E-state index < -0.39 is 27.7 Å². The van der Waals surface area contributed by atoms with E-state index in [4.69, 9.17) is 4.42 Å². The van der Waals surface area contributed by atoms with Crippen LogP contribution >= 0.6 is 15.9 Å². The average Bonchev–Trinajstić information content (AvgIpc) is 3.16. The first-order valence-corrected chi connectivity index (χ1v) is 11.2. The van der Waals surface area contributed by atoms with Gasteiger partial charge in [-0.1, -0.05) is 6.42 Å². The summed E-state index contributed by atoms with van der Waals surface area (Å²) in [5, 5.41) is 5.25. The summed E-state index contributed by atoms with van der Waals surface area (Å²) in [4.78, 5) is 26.3. The number of rotatable bonds is 5. The number of hydrogen-bond donors (Lipinski definition) is 2. The zero-order valence-electron chi connectivity index (χ0n) is 14.2. The number of halogens is 1. The molecule has 144 valence electrons. The molecular weight excluding hydrogens is 426 g/mol. The normalized spacial score (nSPS) is 25.7. The fraction of sp³-hybridized carbons (Fsp3) is 0.625. The van der Waals surface area contributed by atoms with Crippen molar-refractivity contribution in [3.8, 4) is 0 Å². The van der Waals surface area contributed by atoms with Crippen LogP contribution < -0.4 is 10.6 Å². The van der Waals surface area contributed by atoms with E-state index in [9.17, 15) is 18.0 Å². The third-order valence-electron chi connectivity index (χ3n) is 4.74. The molecule has 2 N–H and O–H groups in total. The van der Waals surface area contributed by atoms with E-state index >= 15 is 0 Å². The SMILES string of the molecule is O=C(CNC(=O)c1ccc(Br)o1)NC1CS(=O)(=O)CC1N1CCCCC1. The minimum Gasteiger partial charge on any atom is -0.444 e. The second-order valence-electron chi connectivity index (χ2n) is 6.70. The number of hydrogen-bond acceptors (Lipinski definition) is 6. The molecule has 2 aliphatic heterocycles. The second kappa shape index (κ2) is 8.10. The molecule has 26 heavy (non-hydrogen) atoms. The lowest BCUT2D eigenvalue weighted by atomic mass is 10.0. The van der Waals surface area contributed by atoms with Crippen molar-refractivity contribution in [3.63, 3.8) is 0 Å². The topological polar surface area (TPSA) is 109 Å². The summed E-state index contributed by atoms with van der Waals surface area (Å²) in [6.45, 7) is 1.48. The molecule has 0 bridgehead atoms. The standard InChI is InChI=1S/C16H22BrN3O5S/c17-14-5-4-13(25-14)16(22)18-8-15(21)19-11-9-26(23,24)10-12(11)20-6-2-1-3-7-20/h4-5,11-12H,1-3,6-10H2,(H,18,22)(H,19,21). The minimum absolute atomic E-state index is 0.0566. The van der Waals surface area contributed by atoms with Gasteiger partial charge >= 0.3 is 0 Å². The van der Waals surface area contributed by atoms with Crippen LogP contribution in [0.5, 0.6) is 0 Å². The number of carbonyl (C=O) groups excluding carboxylic acids is 2. The van der Waals surface area contributed by atoms with Gasteiger partial charge in [0, 0.05) is 6.04 Å². The van der Waals surface area contributed by atoms with Crippen molar-refractivity contribution < 1.29 is 22.4 Å². The van der Waals surface area contributed by atoms with Crippen LogP contribution in [0.25, 0.3) is 0 Å². The summed E-state index contributed by atoms with van der Waals surface area (Å²) in [5.74, 6) is -0.797. The van der Waals surface area contributed by atoms with E-state index in [1.54, 1.807) is 6.07 Å². The van der Waals surface area contributed by atoms with Gasteiger partial charge in [0.2, 0.25) is 5.91 Å². The van der Waals surface area contributed by atoms with Gasteiger partial charge in [-0.25, -0.2) is 8.42 Å². The molecule has 2 unspecified atom stereocenters. The highest BCUT2D eigenvalue weighted by atomic mass is 79.9. The summed E-state index contributed by atoms with van der Waals surface area (Å²) < 4.78 is 29.7. The first-order valence-electron chi connectivity index (χ1n) is 8.61. The number of likely N-dealkylation sites (tertiary alicyclic amines) is 1. The molecule has 2 saturated heterocycles. The van der Waals surface area contributed by atoms with Crippen LogP contribution in [0, 0.1) is 0 Å². The third-order valence-corrected chi connectivity index (χ3v) is 6.88. The molecule has 3 heterocycles. The highest BCUT2D eigenvalue weighted by Gasteiger charge is 2.41. The van der Waals surface area contributed by atoms with Crippen molar-refractivity contribution in [2.24, 2.45) is 0 Å². The molecule has 2 atom stereocenters. The van der Waals surface area contributed by atoms with Crippen LogP contribution in [0.1, 0.15) is 29.8 Å². The quantitative estimate of drug-likeness (QED) is 0.681. The summed E-state index contributed by atoms with van der Waals surface area (Å²) in [6, 6.07) is 2.44. The summed E-state index contributed by atoms with van der Waals surface area (Å²) in [5.41, 5.74) is 0. The third kappa shape index (κ3) is 4.86. The van der Waals surface area contributed by atoms with Gasteiger partial charge in [0.05, 0.1) is 24.1 Å². The van der Waals surface area contributed by atoms with Gasteiger partial charge in [-0.15, -0.1) is 0 Å². The Morgan fingerprint density at radius 2 is 1.92 bits per heavy atom. The molecule has 3 rings (SSSR count). The fourth-order valence-corrected chi connectivity index (χ4v) is 5.78. The van der Waals surface area contributed by atoms with Crippen molar-refractivity contribution >= 4 is 37.6 Å². The number of piperidine rings is 1. The van der Waals surface area contributed by atoms with Crippen LogP contribution in [0.15, 0.2) is 21.2 Å². The predicted molar refractivity (Wildman–Crippen MR) is 98.5 cm³/mol. The Bertz CT molecular complexity index is 773. The molecule has 0 spiro atoms. The number of carbonyl (C=O) groups is 2. The monoisotopic (exact) mass is 447 g/mol. The lowest BCUT2D eigenvalue weighted by Crippen LogP contribution is -2.53. The Kier molecular flexibility index (Phi) is 6.03. The van der Waals surface area contributed by atoms with Crippen LogP contribution in [0.2, 0.25) is 0 Å². The van der Waals surface area contributed by atoms with Gasteiger partial charge in [-0.3, -0.25) is 14.5 Å². The maximum Gasteiger partial charge on any atom is 0.287 e. The van der Waals surface area contributed by atoms with Crippen molar-refractivity contribution in [2.45, 2.75) is 31.3 Å². The van der Waals surface area contributed by atoms with Gasteiger partial charge < -0.3 is 15.1 Å². The van der Waals surface area contributed by atoms with Crippen molar-refractivity contribution in [3.05, 3.63) is 22.6 Å². The Morgan fingerprint density at radius 1 is 1.19 bits per heavy atom. The van der Waals surface area contributed by atoms with Gasteiger partial charge in [-0.05, 0) is 54.0 Å². The maximum atomic E-state index is 12.2. The van der Waals surface area contributed by atoms with Gasteiger partial charge in [-0.2, -0.15) is 0 Å². The van der Waals surface area contributed by atoms with Crippen molar-refractivity contribution in [1.29, 1.82) is 0 Å². The average molecular weight is 448 g/mol.